The third-order valence-corrected chi connectivity index (χ3v) is 7.20. The van der Waals surface area contributed by atoms with Crippen molar-refractivity contribution in [2.24, 2.45) is 0 Å². The summed E-state index contributed by atoms with van der Waals surface area (Å²) in [6.07, 6.45) is 7.58. The van der Waals surface area contributed by atoms with Crippen molar-refractivity contribution in [3.05, 3.63) is 59.4 Å². The molecule has 0 unspecified atom stereocenters. The van der Waals surface area contributed by atoms with Crippen LogP contribution in [-0.2, 0) is 5.41 Å². The van der Waals surface area contributed by atoms with Gasteiger partial charge in [-0.25, -0.2) is 0 Å². The molecule has 0 radical (unpaired) electrons. The average Bonchev–Trinajstić information content (AvgIpc) is 3.56. The molecule has 0 saturated heterocycles. The highest BCUT2D eigenvalue weighted by Gasteiger charge is 2.36. The maximum absolute atomic E-state index is 10.2. The first-order valence-corrected chi connectivity index (χ1v) is 12.5. The fraction of sp³-hybridized carbons (Fsp3) is 0.448. The Bertz CT molecular complexity index is 1220. The highest BCUT2D eigenvalue weighted by molar-refractivity contribution is 5.57. The molecule has 0 bridgehead atoms. The number of nitrogens with zero attached hydrogens (tertiary/aromatic N) is 2. The maximum atomic E-state index is 10.2. The van der Waals surface area contributed by atoms with Crippen LogP contribution in [0.1, 0.15) is 68.3 Å². The van der Waals surface area contributed by atoms with Gasteiger partial charge < -0.3 is 19.1 Å². The zero-order valence-corrected chi connectivity index (χ0v) is 20.4. The lowest BCUT2D eigenvalue weighted by molar-refractivity contribution is 0.110. The van der Waals surface area contributed by atoms with Crippen LogP contribution in [0.4, 0.5) is 0 Å². The molecule has 2 aromatic carbocycles. The second-order valence-electron chi connectivity index (χ2n) is 9.68. The third kappa shape index (κ3) is 5.21. The van der Waals surface area contributed by atoms with Crippen molar-refractivity contribution in [2.75, 3.05) is 7.11 Å². The number of hydrogen-bond acceptors (Lipinski definition) is 6. The summed E-state index contributed by atoms with van der Waals surface area (Å²) >= 11 is 0. The van der Waals surface area contributed by atoms with Crippen LogP contribution in [0.5, 0.6) is 11.5 Å². The van der Waals surface area contributed by atoms with Gasteiger partial charge in [-0.05, 0) is 94.2 Å². The van der Waals surface area contributed by atoms with E-state index in [2.05, 4.69) is 34.1 Å². The molecule has 0 atom stereocenters. The van der Waals surface area contributed by atoms with Crippen LogP contribution in [0.25, 0.3) is 11.5 Å². The van der Waals surface area contributed by atoms with E-state index in [0.29, 0.717) is 11.7 Å². The van der Waals surface area contributed by atoms with Gasteiger partial charge in [0.05, 0.1) is 24.7 Å². The summed E-state index contributed by atoms with van der Waals surface area (Å²) in [5.41, 5.74) is 2.49. The molecule has 2 aliphatic rings. The molecular weight excluding hydrogens is 440 g/mol. The molecule has 0 aliphatic heterocycles. The van der Waals surface area contributed by atoms with Crippen LogP contribution in [-0.4, -0.2) is 34.6 Å². The summed E-state index contributed by atoms with van der Waals surface area (Å²) < 4.78 is 17.3. The van der Waals surface area contributed by atoms with Crippen LogP contribution in [0.15, 0.2) is 47.0 Å². The number of aliphatic hydroxyl groups is 1. The molecule has 2 fully saturated rings. The number of hydrogen-bond donors (Lipinski definition) is 1. The molecular formula is C29H32N2O4. The minimum Gasteiger partial charge on any atom is -0.493 e. The molecule has 35 heavy (non-hydrogen) atoms. The number of aryl methyl sites for hydroxylation is 1. The lowest BCUT2D eigenvalue weighted by atomic mass is 9.69. The summed E-state index contributed by atoms with van der Waals surface area (Å²) in [5, 5.41) is 14.1. The largest absolute Gasteiger partial charge is 0.493 e. The second kappa shape index (κ2) is 10.1. The van der Waals surface area contributed by atoms with Crippen molar-refractivity contribution in [3.8, 4) is 34.8 Å². The van der Waals surface area contributed by atoms with E-state index in [1.54, 1.807) is 14.0 Å². The quantitative estimate of drug-likeness (QED) is 0.487. The molecule has 1 heterocycles. The van der Waals surface area contributed by atoms with Gasteiger partial charge in [0.25, 0.3) is 5.89 Å². The van der Waals surface area contributed by atoms with Crippen LogP contribution in [0.3, 0.4) is 0 Å². The van der Waals surface area contributed by atoms with Crippen molar-refractivity contribution >= 4 is 0 Å². The zero-order chi connectivity index (χ0) is 24.3. The summed E-state index contributed by atoms with van der Waals surface area (Å²) in [5.74, 6) is 9.66. The normalized spacial score (nSPS) is 22.4. The van der Waals surface area contributed by atoms with Gasteiger partial charge in [0.15, 0.2) is 17.3 Å². The van der Waals surface area contributed by atoms with E-state index >= 15 is 0 Å². The SMILES string of the molecule is COc1ccc([C@]2(C#Cc3cccc(-c4nc(C)no4)c3)CC[C@@H](O)CC2)cc1OC1CCCC1. The van der Waals surface area contributed by atoms with E-state index in [4.69, 9.17) is 14.0 Å². The van der Waals surface area contributed by atoms with E-state index in [0.717, 1.165) is 66.7 Å². The summed E-state index contributed by atoms with van der Waals surface area (Å²) in [6.45, 7) is 1.80. The molecule has 0 amide bonds. The smallest absolute Gasteiger partial charge is 0.257 e. The Morgan fingerprint density at radius 2 is 1.83 bits per heavy atom. The van der Waals surface area contributed by atoms with Crippen LogP contribution in [0.2, 0.25) is 0 Å². The lowest BCUT2D eigenvalue weighted by Crippen LogP contribution is -2.32. The van der Waals surface area contributed by atoms with Gasteiger partial charge >= 0.3 is 0 Å². The Labute approximate surface area is 206 Å². The number of ether oxygens (including phenoxy) is 2. The standard InChI is InChI=1S/C29H32N2O4/c1-20-30-28(35-31-20)22-7-5-6-21(18-22)12-15-29(16-13-24(32)14-17-29)23-10-11-26(33-2)27(19-23)34-25-8-3-4-9-25/h5-7,10-11,18-19,24-25,32H,3-4,8-9,13-14,16-17H2,1-2H3/t24-,29-. The molecule has 0 spiro atoms. The van der Waals surface area contributed by atoms with Crippen molar-refractivity contribution in [1.29, 1.82) is 0 Å². The van der Waals surface area contributed by atoms with Gasteiger partial charge in [-0.2, -0.15) is 4.98 Å². The van der Waals surface area contributed by atoms with Gasteiger partial charge in [0.1, 0.15) is 0 Å². The van der Waals surface area contributed by atoms with Gasteiger partial charge in [0, 0.05) is 11.1 Å². The summed E-state index contributed by atoms with van der Waals surface area (Å²) in [7, 11) is 1.68. The van der Waals surface area contributed by atoms with Gasteiger partial charge in [0.2, 0.25) is 0 Å². The number of aromatic nitrogens is 2. The van der Waals surface area contributed by atoms with Gasteiger partial charge in [-0.15, -0.1) is 0 Å². The second-order valence-corrected chi connectivity index (χ2v) is 9.68. The predicted octanol–water partition coefficient (Wildman–Crippen LogP) is 5.60. The molecule has 2 saturated carbocycles. The molecule has 6 heteroatoms. The predicted molar refractivity (Wildman–Crippen MR) is 133 cm³/mol. The third-order valence-electron chi connectivity index (χ3n) is 7.20. The molecule has 1 N–H and O–H groups in total. The monoisotopic (exact) mass is 472 g/mol. The molecule has 3 aromatic rings. The maximum Gasteiger partial charge on any atom is 0.257 e. The first-order valence-electron chi connectivity index (χ1n) is 12.5. The van der Waals surface area contributed by atoms with Crippen LogP contribution in [0, 0.1) is 18.8 Å². The van der Waals surface area contributed by atoms with Crippen LogP contribution >= 0.6 is 0 Å². The Kier molecular flexibility index (Phi) is 6.79. The highest BCUT2D eigenvalue weighted by Crippen LogP contribution is 2.43. The topological polar surface area (TPSA) is 77.6 Å². The fourth-order valence-corrected chi connectivity index (χ4v) is 5.17. The van der Waals surface area contributed by atoms with Crippen LogP contribution < -0.4 is 9.47 Å². The molecule has 6 nitrogen and oxygen atoms in total. The Hall–Kier alpha value is -3.30. The molecule has 2 aliphatic carbocycles. The first kappa shape index (κ1) is 23.4. The van der Waals surface area contributed by atoms with E-state index in [-0.39, 0.29) is 17.6 Å². The molecule has 1 aromatic heterocycles. The van der Waals surface area contributed by atoms with Crippen molar-refractivity contribution in [1.82, 2.24) is 10.1 Å². The average molecular weight is 473 g/mol. The Morgan fingerprint density at radius 1 is 1.03 bits per heavy atom. The minimum absolute atomic E-state index is 0.241. The van der Waals surface area contributed by atoms with Crippen molar-refractivity contribution in [3.63, 3.8) is 0 Å². The number of methoxy groups -OCH3 is 1. The summed E-state index contributed by atoms with van der Waals surface area (Å²) in [4.78, 5) is 4.33. The molecule has 182 valence electrons. The van der Waals surface area contributed by atoms with Gasteiger partial charge in [-0.3, -0.25) is 0 Å². The Morgan fingerprint density at radius 3 is 2.54 bits per heavy atom. The highest BCUT2D eigenvalue weighted by atomic mass is 16.5. The van der Waals surface area contributed by atoms with E-state index in [1.807, 2.05) is 30.3 Å². The minimum atomic E-state index is -0.365. The first-order chi connectivity index (χ1) is 17.0. The Balaban J connectivity index is 1.49. The molecule has 5 rings (SSSR count). The summed E-state index contributed by atoms with van der Waals surface area (Å²) in [6, 6.07) is 14.1. The number of aliphatic hydroxyl groups excluding tert-OH is 1. The van der Waals surface area contributed by atoms with Crippen molar-refractivity contribution in [2.45, 2.75) is 75.9 Å². The number of rotatable bonds is 5. The van der Waals surface area contributed by atoms with E-state index in [1.165, 1.54) is 12.8 Å². The lowest BCUT2D eigenvalue weighted by Gasteiger charge is -2.35. The van der Waals surface area contributed by atoms with Crippen molar-refractivity contribution < 1.29 is 19.1 Å². The van der Waals surface area contributed by atoms with Gasteiger partial charge in [-0.1, -0.05) is 29.1 Å². The zero-order valence-electron chi connectivity index (χ0n) is 20.4. The fourth-order valence-electron chi connectivity index (χ4n) is 5.17. The number of benzene rings is 2. The van der Waals surface area contributed by atoms with E-state index < -0.39 is 0 Å². The van der Waals surface area contributed by atoms with E-state index in [9.17, 15) is 5.11 Å².